The average Bonchev–Trinajstić information content (AvgIpc) is 2.40. The molecule has 0 spiro atoms. The highest BCUT2D eigenvalue weighted by atomic mass is 19.4. The molecule has 1 heterocycles. The molecule has 0 aromatic rings. The second-order valence-corrected chi connectivity index (χ2v) is 6.37. The molecule has 1 aliphatic heterocycles. The zero-order chi connectivity index (χ0) is 14.5. The molecular weight excluding hydrogens is 261 g/mol. The van der Waals surface area contributed by atoms with Crippen LogP contribution in [0.15, 0.2) is 0 Å². The zero-order valence-electron chi connectivity index (χ0n) is 11.2. The lowest BCUT2D eigenvalue weighted by Gasteiger charge is -2.51. The topological polar surface area (TPSA) is 50.4 Å². The van der Waals surface area contributed by atoms with E-state index in [4.69, 9.17) is 4.74 Å². The molecule has 19 heavy (non-hydrogen) atoms. The summed E-state index contributed by atoms with van der Waals surface area (Å²) in [7, 11) is 0. The Hall–Kier alpha value is -0.980. The second kappa shape index (κ2) is 4.26. The van der Waals surface area contributed by atoms with E-state index >= 15 is 0 Å². The van der Waals surface area contributed by atoms with Crippen LogP contribution in [0.2, 0.25) is 0 Å². The number of hydrogen-bond acceptors (Lipinski definition) is 3. The number of alkyl carbamates (subject to hydrolysis) is 1. The molecule has 1 aliphatic carbocycles. The molecule has 0 aromatic carbocycles. The summed E-state index contributed by atoms with van der Waals surface area (Å²) in [6.07, 6.45) is -4.93. The van der Waals surface area contributed by atoms with Crippen molar-refractivity contribution < 1.29 is 22.7 Å². The quantitative estimate of drug-likeness (QED) is 0.773. The van der Waals surface area contributed by atoms with Gasteiger partial charge in [0.2, 0.25) is 0 Å². The van der Waals surface area contributed by atoms with Crippen molar-refractivity contribution in [2.45, 2.75) is 44.5 Å². The molecule has 0 unspecified atom stereocenters. The number of ether oxygens (including phenoxy) is 1. The van der Waals surface area contributed by atoms with Gasteiger partial charge >= 0.3 is 12.3 Å². The minimum absolute atomic E-state index is 0.0760. The molecule has 2 N–H and O–H groups in total. The Labute approximate surface area is 110 Å². The van der Waals surface area contributed by atoms with E-state index in [1.165, 1.54) is 0 Å². The molecule has 1 amide bonds. The minimum atomic E-state index is -4.20. The molecule has 2 rings (SSSR count). The third kappa shape index (κ3) is 2.80. The number of alkyl halides is 3. The Kier molecular flexibility index (Phi) is 3.24. The van der Waals surface area contributed by atoms with E-state index in [0.29, 0.717) is 6.54 Å². The maximum absolute atomic E-state index is 12.7. The Bertz CT molecular complexity index is 378. The lowest BCUT2D eigenvalue weighted by Crippen LogP contribution is -2.67. The molecule has 2 fully saturated rings. The maximum atomic E-state index is 12.7. The number of carbonyl (C=O) groups excluding carboxylic acids is 1. The lowest BCUT2D eigenvalue weighted by molar-refractivity contribution is -0.227. The summed E-state index contributed by atoms with van der Waals surface area (Å²) in [6, 6.07) is 0. The van der Waals surface area contributed by atoms with Gasteiger partial charge in [-0.3, -0.25) is 0 Å². The van der Waals surface area contributed by atoms with Crippen molar-refractivity contribution in [1.29, 1.82) is 0 Å². The van der Waals surface area contributed by atoms with Crippen LogP contribution < -0.4 is 10.6 Å². The standard InChI is InChI=1S/C12H19F3N2O2/c1-10(2,3)19-9(18)17-11-4-7(12(13,14)15)8(11)5-16-6-11/h7-8,16H,4-6H2,1-3H3,(H,17,18)/t7-,8+,11-/m0/s1. The number of nitrogens with one attached hydrogen (secondary N) is 2. The van der Waals surface area contributed by atoms with Crippen LogP contribution in [-0.2, 0) is 4.74 Å². The fraction of sp³-hybridized carbons (Fsp3) is 0.917. The monoisotopic (exact) mass is 280 g/mol. The SMILES string of the molecule is CC(C)(C)OC(=O)N[C@@]12CNC[C@@H]1[C@@H](C(F)(F)F)C2. The molecule has 4 nitrogen and oxygen atoms in total. The van der Waals surface area contributed by atoms with Crippen molar-refractivity contribution in [1.82, 2.24) is 10.6 Å². The largest absolute Gasteiger partial charge is 0.444 e. The summed E-state index contributed by atoms with van der Waals surface area (Å²) in [5, 5.41) is 5.55. The van der Waals surface area contributed by atoms with Crippen LogP contribution >= 0.6 is 0 Å². The highest BCUT2D eigenvalue weighted by Gasteiger charge is 2.65. The summed E-state index contributed by atoms with van der Waals surface area (Å²) in [4.78, 5) is 11.7. The zero-order valence-corrected chi connectivity index (χ0v) is 11.2. The summed E-state index contributed by atoms with van der Waals surface area (Å²) in [5.41, 5.74) is -1.46. The fourth-order valence-corrected chi connectivity index (χ4v) is 2.94. The van der Waals surface area contributed by atoms with Crippen LogP contribution in [0.5, 0.6) is 0 Å². The smallest absolute Gasteiger partial charge is 0.408 e. The normalized spacial score (nSPS) is 34.4. The van der Waals surface area contributed by atoms with Gasteiger partial charge in [0.05, 0.1) is 11.5 Å². The molecular formula is C12H19F3N2O2. The van der Waals surface area contributed by atoms with E-state index in [1.807, 2.05) is 0 Å². The second-order valence-electron chi connectivity index (χ2n) is 6.37. The van der Waals surface area contributed by atoms with Crippen molar-refractivity contribution in [2.75, 3.05) is 13.1 Å². The summed E-state index contributed by atoms with van der Waals surface area (Å²) >= 11 is 0. The maximum Gasteiger partial charge on any atom is 0.408 e. The number of carbonyl (C=O) groups is 1. The lowest BCUT2D eigenvalue weighted by atomic mass is 9.60. The first-order valence-corrected chi connectivity index (χ1v) is 6.32. The van der Waals surface area contributed by atoms with Crippen molar-refractivity contribution in [2.24, 2.45) is 11.8 Å². The van der Waals surface area contributed by atoms with Crippen molar-refractivity contribution in [3.05, 3.63) is 0 Å². The van der Waals surface area contributed by atoms with Crippen LogP contribution in [0, 0.1) is 11.8 Å². The summed E-state index contributed by atoms with van der Waals surface area (Å²) in [5.74, 6) is -1.93. The number of fused-ring (bicyclic) bond motifs is 1. The molecule has 0 aromatic heterocycles. The highest BCUT2D eigenvalue weighted by molar-refractivity contribution is 5.69. The van der Waals surface area contributed by atoms with Crippen molar-refractivity contribution in [3.63, 3.8) is 0 Å². The van der Waals surface area contributed by atoms with Crippen LogP contribution in [-0.4, -0.2) is 36.5 Å². The van der Waals surface area contributed by atoms with Gasteiger partial charge in [-0.1, -0.05) is 0 Å². The summed E-state index contributed by atoms with van der Waals surface area (Å²) in [6.45, 7) is 5.79. The molecule has 7 heteroatoms. The van der Waals surface area contributed by atoms with Gasteiger partial charge in [-0.25, -0.2) is 4.79 Å². The Morgan fingerprint density at radius 3 is 2.53 bits per heavy atom. The molecule has 3 atom stereocenters. The van der Waals surface area contributed by atoms with Gasteiger partial charge in [0, 0.05) is 19.0 Å². The first-order valence-electron chi connectivity index (χ1n) is 6.32. The first-order chi connectivity index (χ1) is 8.54. The molecule has 1 saturated carbocycles. The van der Waals surface area contributed by atoms with Gasteiger partial charge in [-0.2, -0.15) is 13.2 Å². The van der Waals surface area contributed by atoms with E-state index in [-0.39, 0.29) is 13.0 Å². The fourth-order valence-electron chi connectivity index (χ4n) is 2.94. The van der Waals surface area contributed by atoms with E-state index in [0.717, 1.165) is 0 Å². The minimum Gasteiger partial charge on any atom is -0.444 e. The van der Waals surface area contributed by atoms with Gasteiger partial charge in [-0.15, -0.1) is 0 Å². The molecule has 110 valence electrons. The van der Waals surface area contributed by atoms with E-state index in [9.17, 15) is 18.0 Å². The van der Waals surface area contributed by atoms with Gasteiger partial charge in [0.25, 0.3) is 0 Å². The average molecular weight is 280 g/mol. The van der Waals surface area contributed by atoms with Gasteiger partial charge < -0.3 is 15.4 Å². The Morgan fingerprint density at radius 1 is 1.37 bits per heavy atom. The van der Waals surface area contributed by atoms with Crippen LogP contribution in [0.3, 0.4) is 0 Å². The van der Waals surface area contributed by atoms with E-state index in [1.54, 1.807) is 20.8 Å². The van der Waals surface area contributed by atoms with Gasteiger partial charge in [0.15, 0.2) is 0 Å². The third-order valence-corrected chi connectivity index (χ3v) is 3.75. The number of amides is 1. The first kappa shape index (κ1) is 14.4. The van der Waals surface area contributed by atoms with Crippen molar-refractivity contribution >= 4 is 6.09 Å². The predicted molar refractivity (Wildman–Crippen MR) is 62.6 cm³/mol. The predicted octanol–water partition coefficient (Wildman–Crippen LogP) is 2.05. The number of hydrogen-bond donors (Lipinski definition) is 2. The third-order valence-electron chi connectivity index (χ3n) is 3.75. The highest BCUT2D eigenvalue weighted by Crippen LogP contribution is 2.53. The van der Waals surface area contributed by atoms with Crippen molar-refractivity contribution in [3.8, 4) is 0 Å². The van der Waals surface area contributed by atoms with E-state index in [2.05, 4.69) is 10.6 Å². The molecule has 2 aliphatic rings. The molecule has 1 saturated heterocycles. The van der Waals surface area contributed by atoms with Crippen LogP contribution in [0.25, 0.3) is 0 Å². The van der Waals surface area contributed by atoms with E-state index < -0.39 is 35.2 Å². The number of rotatable bonds is 1. The van der Waals surface area contributed by atoms with Gasteiger partial charge in [0.1, 0.15) is 5.60 Å². The van der Waals surface area contributed by atoms with Crippen LogP contribution in [0.4, 0.5) is 18.0 Å². The number of halogens is 3. The Morgan fingerprint density at radius 2 is 2.00 bits per heavy atom. The Balaban J connectivity index is 1.99. The van der Waals surface area contributed by atoms with Gasteiger partial charge in [-0.05, 0) is 27.2 Å². The van der Waals surface area contributed by atoms with Crippen LogP contribution in [0.1, 0.15) is 27.2 Å². The molecule has 0 radical (unpaired) electrons. The summed E-state index contributed by atoms with van der Waals surface area (Å²) < 4.78 is 43.3. The molecule has 0 bridgehead atoms.